The van der Waals surface area contributed by atoms with Gasteiger partial charge in [0.1, 0.15) is 22.2 Å². The van der Waals surface area contributed by atoms with Gasteiger partial charge in [-0.05, 0) is 54.1 Å². The van der Waals surface area contributed by atoms with Crippen LogP contribution in [0.1, 0.15) is 5.56 Å². The summed E-state index contributed by atoms with van der Waals surface area (Å²) in [4.78, 5) is 3.92. The van der Waals surface area contributed by atoms with Crippen LogP contribution in [0.25, 0.3) is 0 Å². The fraction of sp³-hybridized carbons (Fsp3) is 0.105. The molecule has 0 saturated heterocycles. The van der Waals surface area contributed by atoms with Gasteiger partial charge in [0.25, 0.3) is 0 Å². The van der Waals surface area contributed by atoms with Crippen LogP contribution in [0.5, 0.6) is 17.4 Å². The average Bonchev–Trinajstić information content (AvgIpc) is 2.67. The summed E-state index contributed by atoms with van der Waals surface area (Å²) in [5, 5.41) is -0.189. The Labute approximate surface area is 167 Å². The number of hydrogen-bond donors (Lipinski definition) is 1. The van der Waals surface area contributed by atoms with Gasteiger partial charge >= 0.3 is 0 Å². The number of halogens is 2. The molecule has 0 saturated carbocycles. The van der Waals surface area contributed by atoms with Gasteiger partial charge in [-0.3, -0.25) is 0 Å². The maximum atomic E-state index is 13.1. The minimum absolute atomic E-state index is 0.0163. The van der Waals surface area contributed by atoms with E-state index in [2.05, 4.69) is 9.71 Å². The summed E-state index contributed by atoms with van der Waals surface area (Å²) in [6.45, 7) is -0.0163. The van der Waals surface area contributed by atoms with Crippen LogP contribution >= 0.6 is 11.6 Å². The third kappa shape index (κ3) is 4.98. The van der Waals surface area contributed by atoms with Crippen molar-refractivity contribution < 1.29 is 22.3 Å². The normalized spacial score (nSPS) is 11.2. The SMILES string of the molecule is COc1ccc(Oc2cc(CNS(=O)(=O)c3ccc(F)cc3Cl)ccn2)cc1. The highest BCUT2D eigenvalue weighted by molar-refractivity contribution is 7.89. The van der Waals surface area contributed by atoms with Crippen molar-refractivity contribution in [3.8, 4) is 17.4 Å². The fourth-order valence-electron chi connectivity index (χ4n) is 2.33. The van der Waals surface area contributed by atoms with Crippen LogP contribution in [0.2, 0.25) is 5.02 Å². The maximum absolute atomic E-state index is 13.1. The van der Waals surface area contributed by atoms with Gasteiger partial charge in [0, 0.05) is 18.8 Å². The smallest absolute Gasteiger partial charge is 0.242 e. The van der Waals surface area contributed by atoms with E-state index in [-0.39, 0.29) is 16.5 Å². The number of aromatic nitrogens is 1. The Morgan fingerprint density at radius 3 is 2.46 bits per heavy atom. The molecule has 0 radical (unpaired) electrons. The summed E-state index contributed by atoms with van der Waals surface area (Å²) in [7, 11) is -2.34. The number of sulfonamides is 1. The molecule has 0 amide bonds. The summed E-state index contributed by atoms with van der Waals surface area (Å²) < 4.78 is 51.1. The molecule has 3 aromatic rings. The molecule has 146 valence electrons. The number of nitrogens with one attached hydrogen (secondary N) is 1. The Kier molecular flexibility index (Phi) is 6.13. The van der Waals surface area contributed by atoms with E-state index in [1.807, 2.05) is 0 Å². The Hall–Kier alpha value is -2.68. The van der Waals surface area contributed by atoms with Gasteiger partial charge in [0.05, 0.1) is 12.1 Å². The van der Waals surface area contributed by atoms with Gasteiger partial charge < -0.3 is 9.47 Å². The van der Waals surface area contributed by atoms with Crippen molar-refractivity contribution in [3.05, 3.63) is 77.2 Å². The average molecular weight is 423 g/mol. The molecule has 1 N–H and O–H groups in total. The molecule has 3 rings (SSSR count). The quantitative estimate of drug-likeness (QED) is 0.618. The van der Waals surface area contributed by atoms with Crippen molar-refractivity contribution in [2.45, 2.75) is 11.4 Å². The fourth-order valence-corrected chi connectivity index (χ4v) is 3.88. The number of benzene rings is 2. The Balaban J connectivity index is 1.70. The summed E-state index contributed by atoms with van der Waals surface area (Å²) >= 11 is 5.83. The molecule has 0 aliphatic heterocycles. The molecule has 1 aromatic heterocycles. The van der Waals surface area contributed by atoms with Crippen LogP contribution in [0.15, 0.2) is 65.7 Å². The standard InChI is InChI=1S/C19H16ClFN2O4S/c1-26-15-3-5-16(6-4-15)27-19-10-13(8-9-22-19)12-23-28(24,25)18-7-2-14(21)11-17(18)20/h2-11,23H,12H2,1H3. The van der Waals surface area contributed by atoms with Gasteiger partial charge in [-0.2, -0.15) is 0 Å². The summed E-state index contributed by atoms with van der Waals surface area (Å²) in [6, 6.07) is 13.3. The van der Waals surface area contributed by atoms with Crippen molar-refractivity contribution in [2.75, 3.05) is 7.11 Å². The molecule has 0 aliphatic carbocycles. The largest absolute Gasteiger partial charge is 0.497 e. The van der Waals surface area contributed by atoms with Crippen molar-refractivity contribution in [1.82, 2.24) is 9.71 Å². The molecular formula is C19H16ClFN2O4S. The van der Waals surface area contributed by atoms with Gasteiger partial charge in [-0.15, -0.1) is 0 Å². The molecule has 0 atom stereocenters. The highest BCUT2D eigenvalue weighted by Gasteiger charge is 2.18. The van der Waals surface area contributed by atoms with Gasteiger partial charge in [0.2, 0.25) is 15.9 Å². The van der Waals surface area contributed by atoms with Gasteiger partial charge in [-0.25, -0.2) is 22.5 Å². The molecular weight excluding hydrogens is 407 g/mol. The molecule has 0 spiro atoms. The maximum Gasteiger partial charge on any atom is 0.242 e. The first kappa shape index (κ1) is 20.1. The van der Waals surface area contributed by atoms with Gasteiger partial charge in [-0.1, -0.05) is 11.6 Å². The number of rotatable bonds is 7. The summed E-state index contributed by atoms with van der Waals surface area (Å²) in [5.74, 6) is 0.951. The number of pyridine rings is 1. The van der Waals surface area contributed by atoms with Crippen molar-refractivity contribution in [1.29, 1.82) is 0 Å². The molecule has 6 nitrogen and oxygen atoms in total. The van der Waals surface area contributed by atoms with Crippen LogP contribution in [-0.4, -0.2) is 20.5 Å². The van der Waals surface area contributed by atoms with E-state index < -0.39 is 15.8 Å². The third-order valence-electron chi connectivity index (χ3n) is 3.73. The second kappa shape index (κ2) is 8.55. The van der Waals surface area contributed by atoms with E-state index in [0.29, 0.717) is 22.9 Å². The van der Waals surface area contributed by atoms with Crippen LogP contribution in [0, 0.1) is 5.82 Å². The number of methoxy groups -OCH3 is 1. The van der Waals surface area contributed by atoms with E-state index in [1.165, 1.54) is 6.20 Å². The predicted molar refractivity (Wildman–Crippen MR) is 103 cm³/mol. The van der Waals surface area contributed by atoms with Crippen LogP contribution < -0.4 is 14.2 Å². The van der Waals surface area contributed by atoms with Crippen LogP contribution in [0.4, 0.5) is 4.39 Å². The molecule has 1 heterocycles. The van der Waals surface area contributed by atoms with E-state index in [0.717, 1.165) is 18.2 Å². The molecule has 9 heteroatoms. The highest BCUT2D eigenvalue weighted by Crippen LogP contribution is 2.24. The molecule has 0 aliphatic rings. The zero-order chi connectivity index (χ0) is 20.1. The summed E-state index contributed by atoms with van der Waals surface area (Å²) in [5.41, 5.74) is 0.625. The Bertz CT molecular complexity index is 1080. The Morgan fingerprint density at radius 2 is 1.79 bits per heavy atom. The number of nitrogens with zero attached hydrogens (tertiary/aromatic N) is 1. The molecule has 0 bridgehead atoms. The summed E-state index contributed by atoms with van der Waals surface area (Å²) in [6.07, 6.45) is 1.51. The van der Waals surface area contributed by atoms with Gasteiger partial charge in [0.15, 0.2) is 0 Å². The third-order valence-corrected chi connectivity index (χ3v) is 5.62. The highest BCUT2D eigenvalue weighted by atomic mass is 35.5. The minimum atomic E-state index is -3.91. The lowest BCUT2D eigenvalue weighted by molar-refractivity contribution is 0.412. The molecule has 0 fully saturated rings. The van der Waals surface area contributed by atoms with E-state index in [9.17, 15) is 12.8 Å². The minimum Gasteiger partial charge on any atom is -0.497 e. The molecule has 0 unspecified atom stereocenters. The number of ether oxygens (including phenoxy) is 2. The van der Waals surface area contributed by atoms with Crippen LogP contribution in [0.3, 0.4) is 0 Å². The number of hydrogen-bond acceptors (Lipinski definition) is 5. The first-order valence-electron chi connectivity index (χ1n) is 8.09. The van der Waals surface area contributed by atoms with Crippen molar-refractivity contribution in [3.63, 3.8) is 0 Å². The van der Waals surface area contributed by atoms with E-state index in [1.54, 1.807) is 43.5 Å². The lowest BCUT2D eigenvalue weighted by atomic mass is 10.3. The molecule has 28 heavy (non-hydrogen) atoms. The predicted octanol–water partition coefficient (Wildman–Crippen LogP) is 4.15. The second-order valence-corrected chi connectivity index (χ2v) is 7.82. The Morgan fingerprint density at radius 1 is 1.07 bits per heavy atom. The lowest BCUT2D eigenvalue weighted by Gasteiger charge is -2.10. The lowest BCUT2D eigenvalue weighted by Crippen LogP contribution is -2.23. The second-order valence-electron chi connectivity index (χ2n) is 5.68. The van der Waals surface area contributed by atoms with Crippen molar-refractivity contribution in [2.24, 2.45) is 0 Å². The van der Waals surface area contributed by atoms with E-state index in [4.69, 9.17) is 21.1 Å². The monoisotopic (exact) mass is 422 g/mol. The van der Waals surface area contributed by atoms with E-state index >= 15 is 0 Å². The molecule has 2 aromatic carbocycles. The van der Waals surface area contributed by atoms with Crippen LogP contribution in [-0.2, 0) is 16.6 Å². The van der Waals surface area contributed by atoms with Crippen molar-refractivity contribution >= 4 is 21.6 Å². The topological polar surface area (TPSA) is 77.5 Å². The first-order valence-corrected chi connectivity index (χ1v) is 9.95. The zero-order valence-electron chi connectivity index (χ0n) is 14.7. The zero-order valence-corrected chi connectivity index (χ0v) is 16.3. The first-order chi connectivity index (χ1) is 13.4.